The molecule has 16 heavy (non-hydrogen) atoms. The average molecular weight is 220 g/mol. The Labute approximate surface area is 93.3 Å². The van der Waals surface area contributed by atoms with Crippen LogP contribution in [0.4, 0.5) is 4.39 Å². The predicted molar refractivity (Wildman–Crippen MR) is 59.1 cm³/mol. The molecule has 1 aromatic carbocycles. The van der Waals surface area contributed by atoms with E-state index in [1.54, 1.807) is 6.07 Å². The number of hydrogen-bond donors (Lipinski definition) is 1. The molecule has 0 spiro atoms. The van der Waals surface area contributed by atoms with Crippen LogP contribution in [0.15, 0.2) is 24.3 Å². The monoisotopic (exact) mass is 220 g/mol. The van der Waals surface area contributed by atoms with Crippen LogP contribution in [-0.2, 0) is 6.42 Å². The lowest BCUT2D eigenvalue weighted by molar-refractivity contribution is 0.386. The second kappa shape index (κ2) is 4.35. The van der Waals surface area contributed by atoms with Gasteiger partial charge in [0.05, 0.1) is 12.8 Å². The normalized spacial score (nSPS) is 10.4. The van der Waals surface area contributed by atoms with E-state index in [9.17, 15) is 4.39 Å². The minimum atomic E-state index is -0.341. The van der Waals surface area contributed by atoms with Crippen molar-refractivity contribution in [3.05, 3.63) is 47.0 Å². The Hall–Kier alpha value is -1.84. The van der Waals surface area contributed by atoms with E-state index in [0.29, 0.717) is 6.42 Å². The summed E-state index contributed by atoms with van der Waals surface area (Å²) in [5.74, 6) is -0.0748. The van der Waals surface area contributed by atoms with Crippen molar-refractivity contribution in [2.75, 3.05) is 7.11 Å². The molecule has 0 unspecified atom stereocenters. The maximum atomic E-state index is 13.4. The fourth-order valence-electron chi connectivity index (χ4n) is 1.59. The zero-order chi connectivity index (χ0) is 11.5. The lowest BCUT2D eigenvalue weighted by Gasteiger charge is -2.03. The molecule has 2 aromatic rings. The Morgan fingerprint density at radius 1 is 1.38 bits per heavy atom. The van der Waals surface area contributed by atoms with E-state index in [1.807, 2.05) is 19.1 Å². The van der Waals surface area contributed by atoms with Gasteiger partial charge in [0.2, 0.25) is 0 Å². The van der Waals surface area contributed by atoms with E-state index in [2.05, 4.69) is 10.2 Å². The van der Waals surface area contributed by atoms with Gasteiger partial charge in [-0.3, -0.25) is 5.10 Å². The van der Waals surface area contributed by atoms with Gasteiger partial charge in [-0.2, -0.15) is 5.10 Å². The summed E-state index contributed by atoms with van der Waals surface area (Å²) in [7, 11) is 1.45. The molecule has 3 nitrogen and oxygen atoms in total. The van der Waals surface area contributed by atoms with Crippen LogP contribution in [0.25, 0.3) is 0 Å². The van der Waals surface area contributed by atoms with Gasteiger partial charge in [0.25, 0.3) is 0 Å². The van der Waals surface area contributed by atoms with Gasteiger partial charge < -0.3 is 4.74 Å². The number of methoxy groups -OCH3 is 1. The molecule has 0 saturated heterocycles. The van der Waals surface area contributed by atoms with Crippen LogP contribution < -0.4 is 4.74 Å². The Kier molecular flexibility index (Phi) is 2.90. The molecule has 0 fully saturated rings. The molecule has 0 amide bonds. The highest BCUT2D eigenvalue weighted by Gasteiger charge is 2.05. The van der Waals surface area contributed by atoms with E-state index >= 15 is 0 Å². The summed E-state index contributed by atoms with van der Waals surface area (Å²) in [6.07, 6.45) is 0.616. The molecule has 0 aliphatic carbocycles. The van der Waals surface area contributed by atoms with E-state index in [-0.39, 0.29) is 11.6 Å². The number of nitrogens with one attached hydrogen (secondary N) is 1. The Bertz CT molecular complexity index is 494. The fourth-order valence-corrected chi connectivity index (χ4v) is 1.59. The number of hydrogen-bond acceptors (Lipinski definition) is 2. The smallest absolute Gasteiger partial charge is 0.165 e. The number of rotatable bonds is 3. The van der Waals surface area contributed by atoms with E-state index in [0.717, 1.165) is 17.0 Å². The van der Waals surface area contributed by atoms with Gasteiger partial charge in [-0.25, -0.2) is 4.39 Å². The van der Waals surface area contributed by atoms with Crippen molar-refractivity contribution in [1.82, 2.24) is 10.2 Å². The van der Waals surface area contributed by atoms with Gasteiger partial charge in [0.1, 0.15) is 0 Å². The number of aromatic amines is 1. The van der Waals surface area contributed by atoms with Crippen molar-refractivity contribution < 1.29 is 9.13 Å². The van der Waals surface area contributed by atoms with E-state index < -0.39 is 0 Å². The van der Waals surface area contributed by atoms with Crippen LogP contribution in [0.5, 0.6) is 5.75 Å². The fraction of sp³-hybridized carbons (Fsp3) is 0.250. The highest BCUT2D eigenvalue weighted by atomic mass is 19.1. The van der Waals surface area contributed by atoms with Crippen LogP contribution in [0.3, 0.4) is 0 Å². The van der Waals surface area contributed by atoms with Gasteiger partial charge in [-0.15, -0.1) is 0 Å². The Balaban J connectivity index is 2.19. The zero-order valence-corrected chi connectivity index (χ0v) is 9.25. The van der Waals surface area contributed by atoms with Gasteiger partial charge in [0, 0.05) is 12.1 Å². The molecule has 1 aromatic heterocycles. The number of H-pyrrole nitrogens is 1. The highest BCUT2D eigenvalue weighted by Crippen LogP contribution is 2.19. The molecular formula is C12H13FN2O. The first-order chi connectivity index (χ1) is 7.69. The Morgan fingerprint density at radius 3 is 2.75 bits per heavy atom. The Morgan fingerprint density at radius 2 is 2.19 bits per heavy atom. The van der Waals surface area contributed by atoms with Gasteiger partial charge >= 0.3 is 0 Å². The number of nitrogens with zero attached hydrogens (tertiary/aromatic N) is 1. The molecule has 84 valence electrons. The van der Waals surface area contributed by atoms with Crippen LogP contribution in [0, 0.1) is 12.7 Å². The zero-order valence-electron chi connectivity index (χ0n) is 9.25. The summed E-state index contributed by atoms with van der Waals surface area (Å²) in [5, 5.41) is 6.96. The predicted octanol–water partition coefficient (Wildman–Crippen LogP) is 2.46. The topological polar surface area (TPSA) is 37.9 Å². The minimum absolute atomic E-state index is 0.266. The maximum Gasteiger partial charge on any atom is 0.165 e. The van der Waals surface area contributed by atoms with E-state index in [1.165, 1.54) is 13.2 Å². The first-order valence-corrected chi connectivity index (χ1v) is 5.02. The second-order valence-corrected chi connectivity index (χ2v) is 3.69. The van der Waals surface area contributed by atoms with Crippen molar-refractivity contribution in [3.8, 4) is 5.75 Å². The summed E-state index contributed by atoms with van der Waals surface area (Å²) >= 11 is 0. The minimum Gasteiger partial charge on any atom is -0.494 e. The van der Waals surface area contributed by atoms with Crippen molar-refractivity contribution >= 4 is 0 Å². The van der Waals surface area contributed by atoms with Crippen LogP contribution in [0.2, 0.25) is 0 Å². The van der Waals surface area contributed by atoms with Crippen LogP contribution in [0.1, 0.15) is 17.0 Å². The number of aromatic nitrogens is 2. The molecular weight excluding hydrogens is 207 g/mol. The SMILES string of the molecule is COc1ccc(Cc2cc(C)[nH]n2)cc1F. The third kappa shape index (κ3) is 2.21. The summed E-state index contributed by atoms with van der Waals surface area (Å²) in [5.41, 5.74) is 2.79. The average Bonchev–Trinajstić information content (AvgIpc) is 2.64. The third-order valence-electron chi connectivity index (χ3n) is 2.36. The number of halogens is 1. The molecule has 2 rings (SSSR count). The molecule has 4 heteroatoms. The highest BCUT2D eigenvalue weighted by molar-refractivity contribution is 5.31. The number of benzene rings is 1. The molecule has 1 N–H and O–H groups in total. The summed E-state index contributed by atoms with van der Waals surface area (Å²) in [6.45, 7) is 1.94. The van der Waals surface area contributed by atoms with Gasteiger partial charge in [0.15, 0.2) is 11.6 Å². The van der Waals surface area contributed by atoms with E-state index in [4.69, 9.17) is 4.74 Å². The summed E-state index contributed by atoms with van der Waals surface area (Å²) in [6, 6.07) is 6.89. The van der Waals surface area contributed by atoms with Crippen molar-refractivity contribution in [2.45, 2.75) is 13.3 Å². The largest absolute Gasteiger partial charge is 0.494 e. The molecule has 0 aliphatic rings. The second-order valence-electron chi connectivity index (χ2n) is 3.69. The molecule has 0 aliphatic heterocycles. The van der Waals surface area contributed by atoms with Crippen molar-refractivity contribution in [2.24, 2.45) is 0 Å². The number of aryl methyl sites for hydroxylation is 1. The van der Waals surface area contributed by atoms with Crippen LogP contribution >= 0.6 is 0 Å². The van der Waals surface area contributed by atoms with Crippen LogP contribution in [-0.4, -0.2) is 17.3 Å². The van der Waals surface area contributed by atoms with Crippen molar-refractivity contribution in [1.29, 1.82) is 0 Å². The van der Waals surface area contributed by atoms with Crippen molar-refractivity contribution in [3.63, 3.8) is 0 Å². The third-order valence-corrected chi connectivity index (χ3v) is 2.36. The summed E-state index contributed by atoms with van der Waals surface area (Å²) in [4.78, 5) is 0. The maximum absolute atomic E-state index is 13.4. The first kappa shape index (κ1) is 10.7. The molecule has 1 heterocycles. The molecule has 0 saturated carbocycles. The molecule has 0 radical (unpaired) electrons. The van der Waals surface area contributed by atoms with Gasteiger partial charge in [-0.05, 0) is 30.7 Å². The quantitative estimate of drug-likeness (QED) is 0.862. The first-order valence-electron chi connectivity index (χ1n) is 5.02. The number of ether oxygens (including phenoxy) is 1. The lowest BCUT2D eigenvalue weighted by atomic mass is 10.1. The lowest BCUT2D eigenvalue weighted by Crippen LogP contribution is -1.93. The molecule has 0 atom stereocenters. The van der Waals surface area contributed by atoms with Gasteiger partial charge in [-0.1, -0.05) is 6.07 Å². The molecule has 0 bridgehead atoms. The standard InChI is InChI=1S/C12H13FN2O/c1-8-5-10(15-14-8)6-9-3-4-12(16-2)11(13)7-9/h3-5,7H,6H2,1-2H3,(H,14,15). The summed E-state index contributed by atoms with van der Waals surface area (Å²) < 4.78 is 18.3.